The number of rotatable bonds is 7. The molecule has 2 aromatic carbocycles. The van der Waals surface area contributed by atoms with E-state index in [0.29, 0.717) is 5.69 Å². The molecule has 2 heterocycles. The molecule has 1 amide bonds. The van der Waals surface area contributed by atoms with E-state index < -0.39 is 0 Å². The number of benzene rings is 2. The largest absolute Gasteiger partial charge is 0.497 e. The lowest BCUT2D eigenvalue weighted by atomic mass is 10.1. The third kappa shape index (κ3) is 5.24. The summed E-state index contributed by atoms with van der Waals surface area (Å²) in [6, 6.07) is 16.0. The fraction of sp³-hybridized carbons (Fsp3) is 0.333. The Morgan fingerprint density at radius 1 is 0.935 bits per heavy atom. The maximum absolute atomic E-state index is 12.9. The highest BCUT2D eigenvalue weighted by Crippen LogP contribution is 2.26. The van der Waals surface area contributed by atoms with Gasteiger partial charge in [0, 0.05) is 43.7 Å². The van der Waals surface area contributed by atoms with Gasteiger partial charge in [-0.2, -0.15) is 0 Å². The van der Waals surface area contributed by atoms with Crippen LogP contribution in [-0.2, 0) is 6.42 Å². The fourth-order valence-electron chi connectivity index (χ4n) is 3.65. The monoisotopic (exact) mass is 437 g/mol. The number of nitrogens with zero attached hydrogens (tertiary/aromatic N) is 3. The Balaban J connectivity index is 1.28. The first-order valence-electron chi connectivity index (χ1n) is 10.4. The number of amides is 1. The lowest BCUT2D eigenvalue weighted by Gasteiger charge is -2.34. The van der Waals surface area contributed by atoms with E-state index in [2.05, 4.69) is 22.0 Å². The van der Waals surface area contributed by atoms with Crippen molar-refractivity contribution in [2.45, 2.75) is 6.42 Å². The Morgan fingerprint density at radius 2 is 1.55 bits per heavy atom. The molecular weight excluding hydrogens is 410 g/mol. The van der Waals surface area contributed by atoms with Crippen molar-refractivity contribution in [1.29, 1.82) is 0 Å². The van der Waals surface area contributed by atoms with Crippen LogP contribution in [0.15, 0.2) is 53.9 Å². The van der Waals surface area contributed by atoms with Crippen LogP contribution in [-0.4, -0.2) is 67.6 Å². The molecule has 31 heavy (non-hydrogen) atoms. The average Bonchev–Trinajstić information content (AvgIpc) is 3.33. The zero-order valence-electron chi connectivity index (χ0n) is 17.9. The Morgan fingerprint density at radius 3 is 2.16 bits per heavy atom. The minimum atomic E-state index is 0.0193. The van der Waals surface area contributed by atoms with Gasteiger partial charge in [-0.1, -0.05) is 12.1 Å². The van der Waals surface area contributed by atoms with Crippen molar-refractivity contribution >= 4 is 17.2 Å². The highest BCUT2D eigenvalue weighted by molar-refractivity contribution is 7.13. The van der Waals surface area contributed by atoms with Crippen LogP contribution < -0.4 is 9.47 Å². The summed E-state index contributed by atoms with van der Waals surface area (Å²) in [4.78, 5) is 21.8. The molecule has 0 bridgehead atoms. The van der Waals surface area contributed by atoms with Crippen LogP contribution in [0.3, 0.4) is 0 Å². The molecule has 4 rings (SSSR count). The van der Waals surface area contributed by atoms with Crippen LogP contribution in [0.1, 0.15) is 16.1 Å². The second-order valence-electron chi connectivity index (χ2n) is 7.50. The van der Waals surface area contributed by atoms with Gasteiger partial charge in [0.05, 0.1) is 14.2 Å². The summed E-state index contributed by atoms with van der Waals surface area (Å²) < 4.78 is 10.4. The zero-order valence-corrected chi connectivity index (χ0v) is 18.7. The smallest absolute Gasteiger partial charge is 0.273 e. The number of aromatic nitrogens is 1. The second kappa shape index (κ2) is 9.94. The fourth-order valence-corrected chi connectivity index (χ4v) is 4.45. The van der Waals surface area contributed by atoms with Gasteiger partial charge in [-0.3, -0.25) is 9.69 Å². The number of hydrogen-bond acceptors (Lipinski definition) is 6. The van der Waals surface area contributed by atoms with Gasteiger partial charge in [0.15, 0.2) is 0 Å². The molecule has 0 spiro atoms. The predicted molar refractivity (Wildman–Crippen MR) is 123 cm³/mol. The lowest BCUT2D eigenvalue weighted by Crippen LogP contribution is -2.49. The van der Waals surface area contributed by atoms with Crippen LogP contribution in [0.2, 0.25) is 0 Å². The van der Waals surface area contributed by atoms with Crippen LogP contribution in [0, 0.1) is 0 Å². The number of thiazole rings is 1. The van der Waals surface area contributed by atoms with E-state index in [4.69, 9.17) is 9.47 Å². The van der Waals surface area contributed by atoms with Crippen LogP contribution in [0.4, 0.5) is 0 Å². The van der Waals surface area contributed by atoms with Crippen molar-refractivity contribution in [1.82, 2.24) is 14.8 Å². The lowest BCUT2D eigenvalue weighted by molar-refractivity contribution is 0.0633. The van der Waals surface area contributed by atoms with Crippen molar-refractivity contribution < 1.29 is 14.3 Å². The Bertz CT molecular complexity index is 994. The van der Waals surface area contributed by atoms with Crippen molar-refractivity contribution in [3.63, 3.8) is 0 Å². The van der Waals surface area contributed by atoms with E-state index >= 15 is 0 Å². The molecule has 0 saturated carbocycles. The van der Waals surface area contributed by atoms with Gasteiger partial charge >= 0.3 is 0 Å². The first-order chi connectivity index (χ1) is 15.2. The van der Waals surface area contributed by atoms with E-state index in [1.54, 1.807) is 14.2 Å². The van der Waals surface area contributed by atoms with Crippen molar-refractivity contribution in [2.75, 3.05) is 46.9 Å². The maximum atomic E-state index is 12.9. The number of carbonyl (C=O) groups excluding carboxylic acids is 1. The van der Waals surface area contributed by atoms with Crippen molar-refractivity contribution in [3.8, 4) is 22.1 Å². The van der Waals surface area contributed by atoms with E-state index in [-0.39, 0.29) is 5.91 Å². The summed E-state index contributed by atoms with van der Waals surface area (Å²) in [5, 5.41) is 2.71. The summed E-state index contributed by atoms with van der Waals surface area (Å²) in [5.74, 6) is 1.71. The molecule has 7 heteroatoms. The SMILES string of the molecule is COc1ccc(CCN2CCN(C(=O)c3csc(-c4ccc(OC)cc4)n3)CC2)cc1. The number of carbonyl (C=O) groups is 1. The van der Waals surface area contributed by atoms with Crippen LogP contribution in [0.5, 0.6) is 11.5 Å². The minimum Gasteiger partial charge on any atom is -0.497 e. The van der Waals surface area contributed by atoms with Gasteiger partial charge in [0.1, 0.15) is 22.2 Å². The zero-order chi connectivity index (χ0) is 21.6. The standard InChI is InChI=1S/C24H27N3O3S/c1-29-20-7-3-18(4-8-20)11-12-26-13-15-27(16-14-26)24(28)22-17-31-23(25-22)19-5-9-21(30-2)10-6-19/h3-10,17H,11-16H2,1-2H3. The molecule has 1 saturated heterocycles. The highest BCUT2D eigenvalue weighted by Gasteiger charge is 2.24. The normalized spacial score (nSPS) is 14.5. The summed E-state index contributed by atoms with van der Waals surface area (Å²) in [6.45, 7) is 4.23. The molecule has 1 aliphatic heterocycles. The van der Waals surface area contributed by atoms with E-state index in [1.807, 2.05) is 46.7 Å². The molecule has 0 aliphatic carbocycles. The maximum Gasteiger partial charge on any atom is 0.273 e. The molecule has 0 N–H and O–H groups in total. The molecule has 3 aromatic rings. The van der Waals surface area contributed by atoms with Gasteiger partial charge < -0.3 is 14.4 Å². The molecule has 6 nitrogen and oxygen atoms in total. The number of ether oxygens (including phenoxy) is 2. The van der Waals surface area contributed by atoms with Crippen LogP contribution >= 0.6 is 11.3 Å². The molecule has 162 valence electrons. The first kappa shape index (κ1) is 21.3. The van der Waals surface area contributed by atoms with Crippen LogP contribution in [0.25, 0.3) is 10.6 Å². The molecule has 0 atom stereocenters. The van der Waals surface area contributed by atoms with Crippen molar-refractivity contribution in [3.05, 3.63) is 65.2 Å². The molecular formula is C24H27N3O3S. The second-order valence-corrected chi connectivity index (χ2v) is 8.36. The summed E-state index contributed by atoms with van der Waals surface area (Å²) in [7, 11) is 3.33. The molecule has 1 aliphatic rings. The Hall–Kier alpha value is -2.90. The Labute approximate surface area is 187 Å². The average molecular weight is 438 g/mol. The topological polar surface area (TPSA) is 54.9 Å². The van der Waals surface area contributed by atoms with Gasteiger partial charge in [0.2, 0.25) is 0 Å². The number of piperazine rings is 1. The third-order valence-electron chi connectivity index (χ3n) is 5.60. The third-order valence-corrected chi connectivity index (χ3v) is 6.49. The minimum absolute atomic E-state index is 0.0193. The predicted octanol–water partition coefficient (Wildman–Crippen LogP) is 3.83. The number of hydrogen-bond donors (Lipinski definition) is 0. The number of methoxy groups -OCH3 is 2. The summed E-state index contributed by atoms with van der Waals surface area (Å²) in [5.41, 5.74) is 2.82. The van der Waals surface area contributed by atoms with Gasteiger partial charge in [-0.25, -0.2) is 4.98 Å². The Kier molecular flexibility index (Phi) is 6.84. The van der Waals surface area contributed by atoms with Gasteiger partial charge in [-0.15, -0.1) is 11.3 Å². The van der Waals surface area contributed by atoms with E-state index in [9.17, 15) is 4.79 Å². The quantitative estimate of drug-likeness (QED) is 0.562. The van der Waals surface area contributed by atoms with Gasteiger partial charge in [-0.05, 0) is 48.4 Å². The van der Waals surface area contributed by atoms with Gasteiger partial charge in [0.25, 0.3) is 5.91 Å². The summed E-state index contributed by atoms with van der Waals surface area (Å²) in [6.07, 6.45) is 0.995. The molecule has 1 fully saturated rings. The summed E-state index contributed by atoms with van der Waals surface area (Å²) >= 11 is 1.50. The van der Waals surface area contributed by atoms with E-state index in [0.717, 1.165) is 61.2 Å². The first-order valence-corrected chi connectivity index (χ1v) is 11.3. The molecule has 0 unspecified atom stereocenters. The van der Waals surface area contributed by atoms with Crippen molar-refractivity contribution in [2.24, 2.45) is 0 Å². The molecule has 0 radical (unpaired) electrons. The van der Waals surface area contributed by atoms with E-state index in [1.165, 1.54) is 16.9 Å². The highest BCUT2D eigenvalue weighted by atomic mass is 32.1. The molecule has 1 aromatic heterocycles.